The lowest BCUT2D eigenvalue weighted by Crippen LogP contribution is -2.34. The van der Waals surface area contributed by atoms with Crippen molar-refractivity contribution in [2.24, 2.45) is 0 Å². The van der Waals surface area contributed by atoms with Gasteiger partial charge in [-0.1, -0.05) is 35.3 Å². The predicted molar refractivity (Wildman–Crippen MR) is 110 cm³/mol. The molecule has 0 atom stereocenters. The molecule has 0 aromatic heterocycles. The number of nitrogens with zero attached hydrogens (tertiary/aromatic N) is 2. The highest BCUT2D eigenvalue weighted by molar-refractivity contribution is 7.80. The van der Waals surface area contributed by atoms with Gasteiger partial charge < -0.3 is 15.1 Å². The number of benzene rings is 2. The molecule has 0 radical (unpaired) electrons. The van der Waals surface area contributed by atoms with Crippen LogP contribution in [0.25, 0.3) is 0 Å². The van der Waals surface area contributed by atoms with Crippen molar-refractivity contribution in [2.75, 3.05) is 30.9 Å². The molecule has 0 aliphatic carbocycles. The molecule has 2 aromatic rings. The Kier molecular flexibility index (Phi) is 6.72. The second-order valence-corrected chi connectivity index (χ2v) is 6.92. The van der Waals surface area contributed by atoms with E-state index in [9.17, 15) is 0 Å². The molecule has 0 heterocycles. The number of hydrogen-bond acceptors (Lipinski definition) is 2. The average molecular weight is 382 g/mol. The third-order valence-corrected chi connectivity index (χ3v) is 4.41. The first-order chi connectivity index (χ1) is 11.4. The molecule has 6 heteroatoms. The normalized spacial score (nSPS) is 10.4. The van der Waals surface area contributed by atoms with Gasteiger partial charge in [-0.2, -0.15) is 0 Å². The maximum atomic E-state index is 6.03. The zero-order valence-corrected chi connectivity index (χ0v) is 16.3. The number of nitrogens with one attached hydrogen (secondary N) is 1. The molecule has 2 aromatic carbocycles. The van der Waals surface area contributed by atoms with Crippen LogP contribution in [0.2, 0.25) is 10.0 Å². The summed E-state index contributed by atoms with van der Waals surface area (Å²) in [5.74, 6) is 0. The Balaban J connectivity index is 2.05. The fourth-order valence-corrected chi connectivity index (χ4v) is 3.11. The van der Waals surface area contributed by atoms with Crippen LogP contribution < -0.4 is 10.2 Å². The molecule has 0 aliphatic heterocycles. The fraction of sp³-hybridized carbons (Fsp3) is 0.278. The van der Waals surface area contributed by atoms with E-state index < -0.39 is 0 Å². The topological polar surface area (TPSA) is 18.5 Å². The summed E-state index contributed by atoms with van der Waals surface area (Å²) in [6.07, 6.45) is 0. The van der Waals surface area contributed by atoms with E-state index in [2.05, 4.69) is 46.3 Å². The summed E-state index contributed by atoms with van der Waals surface area (Å²) in [5, 5.41) is 5.01. The van der Waals surface area contributed by atoms with Gasteiger partial charge in [0.25, 0.3) is 0 Å². The minimum Gasteiger partial charge on any atom is -0.378 e. The molecule has 0 bridgehead atoms. The SMILES string of the molecule is CCN(Cc1ccc(N(C)C)cc1)C(=S)Nc1cc(Cl)cc(Cl)c1. The summed E-state index contributed by atoms with van der Waals surface area (Å²) < 4.78 is 0. The molecule has 3 nitrogen and oxygen atoms in total. The number of anilines is 2. The van der Waals surface area contributed by atoms with Gasteiger partial charge in [-0.3, -0.25) is 0 Å². The lowest BCUT2D eigenvalue weighted by molar-refractivity contribution is 0.442. The van der Waals surface area contributed by atoms with Crippen LogP contribution in [0.3, 0.4) is 0 Å². The van der Waals surface area contributed by atoms with Crippen molar-refractivity contribution in [3.8, 4) is 0 Å². The Morgan fingerprint density at radius 2 is 1.62 bits per heavy atom. The van der Waals surface area contributed by atoms with Crippen molar-refractivity contribution in [1.82, 2.24) is 4.90 Å². The third kappa shape index (κ3) is 5.26. The van der Waals surface area contributed by atoms with Crippen molar-refractivity contribution < 1.29 is 0 Å². The molecule has 128 valence electrons. The summed E-state index contributed by atoms with van der Waals surface area (Å²) in [6.45, 7) is 3.62. The van der Waals surface area contributed by atoms with Crippen LogP contribution in [0.4, 0.5) is 11.4 Å². The van der Waals surface area contributed by atoms with E-state index in [0.717, 1.165) is 18.8 Å². The first kappa shape index (κ1) is 18.8. The van der Waals surface area contributed by atoms with Crippen molar-refractivity contribution in [2.45, 2.75) is 13.5 Å². The molecule has 0 fully saturated rings. The van der Waals surface area contributed by atoms with Gasteiger partial charge in [-0.15, -0.1) is 0 Å². The lowest BCUT2D eigenvalue weighted by Gasteiger charge is -2.25. The van der Waals surface area contributed by atoms with Gasteiger partial charge in [0.15, 0.2) is 5.11 Å². The zero-order chi connectivity index (χ0) is 17.7. The van der Waals surface area contributed by atoms with Gasteiger partial charge in [0.05, 0.1) is 0 Å². The van der Waals surface area contributed by atoms with Crippen LogP contribution in [0.5, 0.6) is 0 Å². The van der Waals surface area contributed by atoms with E-state index in [4.69, 9.17) is 35.4 Å². The van der Waals surface area contributed by atoms with Gasteiger partial charge in [-0.25, -0.2) is 0 Å². The lowest BCUT2D eigenvalue weighted by atomic mass is 10.2. The van der Waals surface area contributed by atoms with Crippen LogP contribution in [0.15, 0.2) is 42.5 Å². The van der Waals surface area contributed by atoms with Crippen molar-refractivity contribution in [3.05, 3.63) is 58.1 Å². The first-order valence-electron chi connectivity index (χ1n) is 7.67. The number of hydrogen-bond donors (Lipinski definition) is 1. The standard InChI is InChI=1S/C18H21Cl2N3S/c1-4-23(12-13-5-7-17(8-6-13)22(2)3)18(24)21-16-10-14(19)9-15(20)11-16/h5-11H,4,12H2,1-3H3,(H,21,24). The quantitative estimate of drug-likeness (QED) is 0.709. The molecule has 0 unspecified atom stereocenters. The van der Waals surface area contributed by atoms with E-state index in [-0.39, 0.29) is 0 Å². The molecular formula is C18H21Cl2N3S. The highest BCUT2D eigenvalue weighted by Crippen LogP contribution is 2.23. The second-order valence-electron chi connectivity index (χ2n) is 5.66. The summed E-state index contributed by atoms with van der Waals surface area (Å²) in [7, 11) is 4.06. The largest absolute Gasteiger partial charge is 0.378 e. The van der Waals surface area contributed by atoms with Crippen LogP contribution in [0.1, 0.15) is 12.5 Å². The Bertz CT molecular complexity index is 682. The Morgan fingerprint density at radius 1 is 1.04 bits per heavy atom. The molecule has 0 spiro atoms. The molecule has 0 saturated carbocycles. The minimum absolute atomic E-state index is 0.579. The van der Waals surface area contributed by atoms with Gasteiger partial charge in [-0.05, 0) is 55.0 Å². The summed E-state index contributed by atoms with van der Waals surface area (Å²) >= 11 is 17.6. The van der Waals surface area contributed by atoms with E-state index in [0.29, 0.717) is 15.2 Å². The fourth-order valence-electron chi connectivity index (χ4n) is 2.28. The summed E-state index contributed by atoms with van der Waals surface area (Å²) in [5.41, 5.74) is 3.17. The molecule has 24 heavy (non-hydrogen) atoms. The highest BCUT2D eigenvalue weighted by Gasteiger charge is 2.10. The van der Waals surface area contributed by atoms with Gasteiger partial charge in [0.2, 0.25) is 0 Å². The maximum Gasteiger partial charge on any atom is 0.173 e. The molecule has 0 amide bonds. The number of rotatable bonds is 5. The summed E-state index contributed by atoms with van der Waals surface area (Å²) in [4.78, 5) is 4.17. The zero-order valence-electron chi connectivity index (χ0n) is 14.0. The highest BCUT2D eigenvalue weighted by atomic mass is 35.5. The molecular weight excluding hydrogens is 361 g/mol. The van der Waals surface area contributed by atoms with Gasteiger partial charge in [0, 0.05) is 48.6 Å². The molecule has 0 aliphatic rings. The van der Waals surface area contributed by atoms with E-state index in [1.54, 1.807) is 18.2 Å². The van der Waals surface area contributed by atoms with Crippen LogP contribution >= 0.6 is 35.4 Å². The first-order valence-corrected chi connectivity index (χ1v) is 8.83. The van der Waals surface area contributed by atoms with Crippen LogP contribution in [0, 0.1) is 0 Å². The average Bonchev–Trinajstić information content (AvgIpc) is 2.51. The predicted octanol–water partition coefficient (Wildman–Crippen LogP) is 5.28. The van der Waals surface area contributed by atoms with Gasteiger partial charge >= 0.3 is 0 Å². The molecule has 0 saturated heterocycles. The minimum atomic E-state index is 0.579. The van der Waals surface area contributed by atoms with Crippen molar-refractivity contribution >= 4 is 51.9 Å². The second kappa shape index (κ2) is 8.56. The summed E-state index contributed by atoms with van der Waals surface area (Å²) in [6, 6.07) is 13.8. The third-order valence-electron chi connectivity index (χ3n) is 3.61. The van der Waals surface area contributed by atoms with E-state index in [1.165, 1.54) is 11.3 Å². The van der Waals surface area contributed by atoms with Crippen LogP contribution in [-0.4, -0.2) is 30.7 Å². The monoisotopic (exact) mass is 381 g/mol. The van der Waals surface area contributed by atoms with E-state index in [1.807, 2.05) is 14.1 Å². The smallest absolute Gasteiger partial charge is 0.173 e. The van der Waals surface area contributed by atoms with Crippen LogP contribution in [-0.2, 0) is 6.54 Å². The number of halogens is 2. The van der Waals surface area contributed by atoms with E-state index >= 15 is 0 Å². The molecule has 1 N–H and O–H groups in total. The Morgan fingerprint density at radius 3 is 2.12 bits per heavy atom. The molecule has 2 rings (SSSR count). The van der Waals surface area contributed by atoms with Crippen molar-refractivity contribution in [1.29, 1.82) is 0 Å². The maximum absolute atomic E-state index is 6.03. The Labute approximate surface area is 159 Å². The Hall–Kier alpha value is -1.49. The van der Waals surface area contributed by atoms with Gasteiger partial charge in [0.1, 0.15) is 0 Å². The van der Waals surface area contributed by atoms with Crippen molar-refractivity contribution in [3.63, 3.8) is 0 Å². The number of thiocarbonyl (C=S) groups is 1.